The van der Waals surface area contributed by atoms with E-state index in [1.54, 1.807) is 24.3 Å². The van der Waals surface area contributed by atoms with Gasteiger partial charge in [0.05, 0.1) is 11.2 Å². The van der Waals surface area contributed by atoms with E-state index >= 15 is 0 Å². The molecule has 26 heavy (non-hydrogen) atoms. The number of H-pyrrole nitrogens is 1. The first kappa shape index (κ1) is 20.2. The Balaban J connectivity index is 0.000000254. The number of hydrogen-bond donors (Lipinski definition) is 2. The van der Waals surface area contributed by atoms with Crippen LogP contribution < -0.4 is 5.73 Å². The van der Waals surface area contributed by atoms with Crippen molar-refractivity contribution < 1.29 is 12.8 Å². The molecule has 0 unspecified atom stereocenters. The van der Waals surface area contributed by atoms with Crippen LogP contribution in [0.4, 0.5) is 10.1 Å². The zero-order chi connectivity index (χ0) is 19.3. The monoisotopic (exact) mass is 415 g/mol. The highest BCUT2D eigenvalue weighted by molar-refractivity contribution is 7.90. The van der Waals surface area contributed by atoms with Crippen LogP contribution in [0.1, 0.15) is 11.4 Å². The Morgan fingerprint density at radius 3 is 2.42 bits per heavy atom. The number of halogens is 3. The van der Waals surface area contributed by atoms with Gasteiger partial charge in [0, 0.05) is 23.4 Å². The second-order valence-electron chi connectivity index (χ2n) is 5.45. The summed E-state index contributed by atoms with van der Waals surface area (Å²) in [5.41, 5.74) is 6.83. The van der Waals surface area contributed by atoms with Gasteiger partial charge in [0.25, 0.3) is 0 Å². The van der Waals surface area contributed by atoms with E-state index in [0.29, 0.717) is 23.0 Å². The molecular formula is C17H16Cl2FN3O2S. The lowest BCUT2D eigenvalue weighted by molar-refractivity contribution is 0.598. The molecule has 138 valence electrons. The molecule has 0 atom stereocenters. The number of aromatic nitrogens is 2. The predicted octanol–water partition coefficient (Wildman–Crippen LogP) is 4.12. The molecule has 0 radical (unpaired) electrons. The smallest absolute Gasteiger partial charge is 0.192 e. The number of hydrogen-bond acceptors (Lipinski definition) is 4. The van der Waals surface area contributed by atoms with Crippen molar-refractivity contribution in [3.63, 3.8) is 0 Å². The molecule has 0 aliphatic heterocycles. The minimum Gasteiger partial charge on any atom is -0.399 e. The first-order valence-corrected chi connectivity index (χ1v) is 9.99. The van der Waals surface area contributed by atoms with Gasteiger partial charge in [0.1, 0.15) is 11.6 Å². The Kier molecular flexibility index (Phi) is 6.63. The standard InChI is InChI=1S/C11H10ClFN2O2S.C6H6ClN/c1-18(16,17)11-6-14-10(15-11)5-7-2-3-9(13)8(12)4-7;7-5-2-1-3-6(8)4-5/h2-4,6H,5H2,1H3,(H,14,15);1-4H,8H2. The molecule has 2 aromatic carbocycles. The highest BCUT2D eigenvalue weighted by Gasteiger charge is 2.11. The minimum absolute atomic E-state index is 0.0300. The average molecular weight is 416 g/mol. The number of rotatable bonds is 3. The van der Waals surface area contributed by atoms with Gasteiger partial charge in [-0.3, -0.25) is 0 Å². The molecule has 3 N–H and O–H groups in total. The molecule has 0 bridgehead atoms. The topological polar surface area (TPSA) is 88.8 Å². The van der Waals surface area contributed by atoms with Crippen LogP contribution in [0.15, 0.2) is 53.7 Å². The molecule has 3 rings (SSSR count). The highest BCUT2D eigenvalue weighted by Crippen LogP contribution is 2.18. The Morgan fingerprint density at radius 2 is 1.92 bits per heavy atom. The van der Waals surface area contributed by atoms with Crippen LogP contribution in [0.2, 0.25) is 10.0 Å². The van der Waals surface area contributed by atoms with Gasteiger partial charge in [0.2, 0.25) is 0 Å². The van der Waals surface area contributed by atoms with Crippen LogP contribution in [0.3, 0.4) is 0 Å². The molecule has 0 fully saturated rings. The molecule has 3 aromatic rings. The molecular weight excluding hydrogens is 400 g/mol. The number of nitrogen functional groups attached to an aromatic ring is 1. The summed E-state index contributed by atoms with van der Waals surface area (Å²) in [6, 6.07) is 11.4. The van der Waals surface area contributed by atoms with E-state index in [4.69, 9.17) is 28.9 Å². The zero-order valence-electron chi connectivity index (χ0n) is 13.7. The number of sulfone groups is 1. The summed E-state index contributed by atoms with van der Waals surface area (Å²) in [5, 5.41) is 0.776. The van der Waals surface area contributed by atoms with Gasteiger partial charge in [-0.2, -0.15) is 0 Å². The Hall–Kier alpha value is -2.09. The van der Waals surface area contributed by atoms with Gasteiger partial charge in [-0.25, -0.2) is 17.8 Å². The minimum atomic E-state index is -3.29. The molecule has 0 spiro atoms. The van der Waals surface area contributed by atoms with Gasteiger partial charge < -0.3 is 10.7 Å². The summed E-state index contributed by atoms with van der Waals surface area (Å²) < 4.78 is 35.5. The van der Waals surface area contributed by atoms with E-state index in [-0.39, 0.29) is 10.0 Å². The normalized spacial score (nSPS) is 10.9. The molecule has 0 aliphatic carbocycles. The summed E-state index contributed by atoms with van der Waals surface area (Å²) >= 11 is 11.2. The lowest BCUT2D eigenvalue weighted by atomic mass is 10.1. The molecule has 1 heterocycles. The van der Waals surface area contributed by atoms with Crippen molar-refractivity contribution in [1.29, 1.82) is 0 Å². The van der Waals surface area contributed by atoms with Gasteiger partial charge in [-0.15, -0.1) is 0 Å². The van der Waals surface area contributed by atoms with Crippen molar-refractivity contribution in [1.82, 2.24) is 9.97 Å². The molecule has 0 aliphatic rings. The number of nitrogens with zero attached hydrogens (tertiary/aromatic N) is 1. The van der Waals surface area contributed by atoms with Gasteiger partial charge >= 0.3 is 0 Å². The largest absolute Gasteiger partial charge is 0.399 e. The third-order valence-electron chi connectivity index (χ3n) is 3.21. The summed E-state index contributed by atoms with van der Waals surface area (Å²) in [5.74, 6) is -0.00483. The summed E-state index contributed by atoms with van der Waals surface area (Å²) in [6.45, 7) is 0. The van der Waals surface area contributed by atoms with Crippen LogP contribution in [-0.2, 0) is 16.3 Å². The SMILES string of the molecule is CS(=O)(=O)c1cnc(Cc2ccc(F)c(Cl)c2)[nH]1.Nc1cccc(Cl)c1. The van der Waals surface area contributed by atoms with Crippen LogP contribution in [0.5, 0.6) is 0 Å². The fourth-order valence-corrected chi connectivity index (χ4v) is 2.92. The summed E-state index contributed by atoms with van der Waals surface area (Å²) in [6.07, 6.45) is 2.71. The van der Waals surface area contributed by atoms with Crippen molar-refractivity contribution >= 4 is 38.7 Å². The van der Waals surface area contributed by atoms with Gasteiger partial charge in [-0.1, -0.05) is 35.3 Å². The van der Waals surface area contributed by atoms with E-state index < -0.39 is 15.7 Å². The second-order valence-corrected chi connectivity index (χ2v) is 8.27. The average Bonchev–Trinajstić information content (AvgIpc) is 3.00. The van der Waals surface area contributed by atoms with Crippen molar-refractivity contribution in [2.24, 2.45) is 0 Å². The van der Waals surface area contributed by atoms with Crippen LogP contribution >= 0.6 is 23.2 Å². The number of aromatic amines is 1. The second kappa shape index (κ2) is 8.53. The van der Waals surface area contributed by atoms with Crippen LogP contribution in [0, 0.1) is 5.82 Å². The maximum Gasteiger partial charge on any atom is 0.192 e. The van der Waals surface area contributed by atoms with Crippen molar-refractivity contribution in [2.75, 3.05) is 12.0 Å². The van der Waals surface area contributed by atoms with E-state index in [0.717, 1.165) is 11.8 Å². The molecule has 0 saturated heterocycles. The predicted molar refractivity (Wildman–Crippen MR) is 102 cm³/mol. The number of nitrogens with one attached hydrogen (secondary N) is 1. The first-order chi connectivity index (χ1) is 12.1. The number of anilines is 1. The fourth-order valence-electron chi connectivity index (χ4n) is 1.97. The fraction of sp³-hybridized carbons (Fsp3) is 0.118. The van der Waals surface area contributed by atoms with E-state index in [1.807, 2.05) is 6.07 Å². The zero-order valence-corrected chi connectivity index (χ0v) is 16.0. The molecule has 0 saturated carbocycles. The molecule has 9 heteroatoms. The number of benzene rings is 2. The Morgan fingerprint density at radius 1 is 1.19 bits per heavy atom. The van der Waals surface area contributed by atoms with Gasteiger partial charge in [-0.05, 0) is 35.9 Å². The van der Waals surface area contributed by atoms with Crippen molar-refractivity contribution in [3.8, 4) is 0 Å². The van der Waals surface area contributed by atoms with Crippen LogP contribution in [-0.4, -0.2) is 24.6 Å². The first-order valence-electron chi connectivity index (χ1n) is 7.34. The third-order valence-corrected chi connectivity index (χ3v) is 4.74. The number of imidazole rings is 1. The lowest BCUT2D eigenvalue weighted by Gasteiger charge is -2.00. The van der Waals surface area contributed by atoms with Gasteiger partial charge in [0.15, 0.2) is 14.9 Å². The lowest BCUT2D eigenvalue weighted by Crippen LogP contribution is -1.98. The summed E-state index contributed by atoms with van der Waals surface area (Å²) in [4.78, 5) is 6.66. The molecule has 5 nitrogen and oxygen atoms in total. The Labute approximate surface area is 160 Å². The molecule has 0 amide bonds. The summed E-state index contributed by atoms with van der Waals surface area (Å²) in [7, 11) is -3.29. The van der Waals surface area contributed by atoms with Crippen LogP contribution in [0.25, 0.3) is 0 Å². The van der Waals surface area contributed by atoms with Crippen molar-refractivity contribution in [3.05, 3.63) is 75.9 Å². The maximum atomic E-state index is 13.0. The third kappa shape index (κ3) is 6.01. The van der Waals surface area contributed by atoms with E-state index in [2.05, 4.69) is 9.97 Å². The quantitative estimate of drug-likeness (QED) is 0.629. The maximum absolute atomic E-state index is 13.0. The van der Waals surface area contributed by atoms with E-state index in [1.165, 1.54) is 18.3 Å². The number of nitrogens with two attached hydrogens (primary N) is 1. The van der Waals surface area contributed by atoms with E-state index in [9.17, 15) is 12.8 Å². The van der Waals surface area contributed by atoms with Crippen molar-refractivity contribution in [2.45, 2.75) is 11.4 Å². The Bertz CT molecular complexity index is 989. The molecule has 1 aromatic heterocycles. The highest BCUT2D eigenvalue weighted by atomic mass is 35.5.